The lowest BCUT2D eigenvalue weighted by Crippen LogP contribution is -2.34. The van der Waals surface area contributed by atoms with Crippen molar-refractivity contribution < 1.29 is 18.3 Å². The number of thioether (sulfide) groups is 1. The molecule has 2 unspecified atom stereocenters. The van der Waals surface area contributed by atoms with Gasteiger partial charge in [0, 0.05) is 17.1 Å². The Morgan fingerprint density at radius 3 is 2.46 bits per heavy atom. The first-order valence-electron chi connectivity index (χ1n) is 7.97. The number of hydrogen-bond acceptors (Lipinski definition) is 4. The zero-order chi connectivity index (χ0) is 18.9. The molecule has 0 aliphatic carbocycles. The fourth-order valence-corrected chi connectivity index (χ4v) is 3.88. The maximum Gasteiger partial charge on any atom is 0.433 e. The van der Waals surface area contributed by atoms with E-state index in [9.17, 15) is 18.3 Å². The van der Waals surface area contributed by atoms with Crippen LogP contribution in [0.5, 0.6) is 0 Å². The summed E-state index contributed by atoms with van der Waals surface area (Å²) < 4.78 is 39.0. The van der Waals surface area contributed by atoms with E-state index in [4.69, 9.17) is 0 Å². The van der Waals surface area contributed by atoms with Crippen molar-refractivity contribution in [3.63, 3.8) is 0 Å². The van der Waals surface area contributed by atoms with Crippen molar-refractivity contribution in [3.8, 4) is 0 Å². The molecule has 0 radical (unpaired) electrons. The number of pyridine rings is 2. The molecule has 136 valence electrons. The number of aromatic nitrogens is 2. The largest absolute Gasteiger partial charge is 0.433 e. The minimum absolute atomic E-state index is 0.0672. The summed E-state index contributed by atoms with van der Waals surface area (Å²) in [6, 6.07) is 13.9. The first-order chi connectivity index (χ1) is 12.2. The molecular weight excluding hydrogens is 361 g/mol. The Labute approximate surface area is 153 Å². The number of aliphatic hydroxyl groups is 1. The quantitative estimate of drug-likeness (QED) is 0.647. The van der Waals surface area contributed by atoms with Crippen LogP contribution in [0.15, 0.2) is 59.8 Å². The number of halogens is 3. The zero-order valence-corrected chi connectivity index (χ0v) is 15.0. The van der Waals surface area contributed by atoms with E-state index < -0.39 is 22.7 Å². The lowest BCUT2D eigenvalue weighted by Gasteiger charge is -2.33. The Morgan fingerprint density at radius 2 is 1.77 bits per heavy atom. The van der Waals surface area contributed by atoms with E-state index in [-0.39, 0.29) is 5.56 Å². The van der Waals surface area contributed by atoms with E-state index in [2.05, 4.69) is 9.97 Å². The predicted molar refractivity (Wildman–Crippen MR) is 95.9 cm³/mol. The van der Waals surface area contributed by atoms with Crippen molar-refractivity contribution >= 4 is 22.7 Å². The third-order valence-electron chi connectivity index (χ3n) is 4.30. The van der Waals surface area contributed by atoms with Crippen LogP contribution in [0.1, 0.15) is 25.1 Å². The van der Waals surface area contributed by atoms with E-state index in [0.717, 1.165) is 28.9 Å². The van der Waals surface area contributed by atoms with Crippen molar-refractivity contribution in [1.82, 2.24) is 9.97 Å². The van der Waals surface area contributed by atoms with Gasteiger partial charge in [-0.05, 0) is 32.0 Å². The van der Waals surface area contributed by atoms with E-state index in [0.29, 0.717) is 5.03 Å². The number of fused-ring (bicyclic) bond motifs is 1. The number of para-hydroxylation sites is 1. The standard InChI is InChI=1S/C19H17F3N2OS/c1-12(25)18(2,14-7-5-11-23-17(14)19(20,21)22)26-16-10-9-13-6-3-4-8-15(13)24-16/h3-12,25H,1-2H3. The number of aliphatic hydroxyl groups excluding tert-OH is 1. The van der Waals surface area contributed by atoms with E-state index in [1.165, 1.54) is 19.1 Å². The fourth-order valence-electron chi connectivity index (χ4n) is 2.72. The molecule has 0 fully saturated rings. The van der Waals surface area contributed by atoms with Gasteiger partial charge in [0.15, 0.2) is 0 Å². The van der Waals surface area contributed by atoms with Gasteiger partial charge in [0.1, 0.15) is 5.69 Å². The molecule has 1 aromatic carbocycles. The van der Waals surface area contributed by atoms with Crippen molar-refractivity contribution in [3.05, 3.63) is 66.0 Å². The van der Waals surface area contributed by atoms with Crippen LogP contribution in [0.2, 0.25) is 0 Å². The van der Waals surface area contributed by atoms with Crippen LogP contribution < -0.4 is 0 Å². The molecular formula is C19H17F3N2OS. The number of rotatable bonds is 4. The number of hydrogen-bond donors (Lipinski definition) is 1. The van der Waals surface area contributed by atoms with Gasteiger partial charge in [-0.25, -0.2) is 4.98 Å². The SMILES string of the molecule is CC(O)C(C)(Sc1ccc2ccccc2n1)c1cccnc1C(F)(F)F. The first-order valence-corrected chi connectivity index (χ1v) is 8.79. The van der Waals surface area contributed by atoms with Gasteiger partial charge < -0.3 is 5.11 Å². The summed E-state index contributed by atoms with van der Waals surface area (Å²) in [6.07, 6.45) is -4.57. The lowest BCUT2D eigenvalue weighted by molar-refractivity contribution is -0.142. The van der Waals surface area contributed by atoms with Gasteiger partial charge in [-0.1, -0.05) is 42.1 Å². The van der Waals surface area contributed by atoms with Crippen LogP contribution >= 0.6 is 11.8 Å². The van der Waals surface area contributed by atoms with Gasteiger partial charge in [-0.3, -0.25) is 4.98 Å². The molecule has 0 bridgehead atoms. The van der Waals surface area contributed by atoms with E-state index >= 15 is 0 Å². The molecule has 0 aliphatic heterocycles. The van der Waals surface area contributed by atoms with Crippen molar-refractivity contribution in [2.24, 2.45) is 0 Å². The molecule has 3 aromatic rings. The van der Waals surface area contributed by atoms with Crippen molar-refractivity contribution in [2.45, 2.75) is 35.9 Å². The highest BCUT2D eigenvalue weighted by molar-refractivity contribution is 8.00. The number of benzene rings is 1. The van der Waals surface area contributed by atoms with Gasteiger partial charge >= 0.3 is 6.18 Å². The summed E-state index contributed by atoms with van der Waals surface area (Å²) in [5, 5.41) is 11.8. The van der Waals surface area contributed by atoms with E-state index in [1.807, 2.05) is 30.3 Å². The summed E-state index contributed by atoms with van der Waals surface area (Å²) in [4.78, 5) is 8.03. The average Bonchev–Trinajstić information content (AvgIpc) is 2.60. The molecule has 0 saturated carbocycles. The van der Waals surface area contributed by atoms with Crippen LogP contribution in [0.4, 0.5) is 13.2 Å². The second kappa shape index (κ2) is 6.89. The topological polar surface area (TPSA) is 46.0 Å². The molecule has 2 atom stereocenters. The lowest BCUT2D eigenvalue weighted by atomic mass is 9.93. The average molecular weight is 378 g/mol. The van der Waals surface area contributed by atoms with Gasteiger partial charge in [0.2, 0.25) is 0 Å². The van der Waals surface area contributed by atoms with Crippen LogP contribution in [0, 0.1) is 0 Å². The molecule has 1 N–H and O–H groups in total. The number of nitrogens with zero attached hydrogens (tertiary/aromatic N) is 2. The highest BCUT2D eigenvalue weighted by atomic mass is 32.2. The second-order valence-electron chi connectivity index (χ2n) is 6.12. The summed E-state index contributed by atoms with van der Waals surface area (Å²) >= 11 is 1.10. The molecule has 0 aliphatic rings. The van der Waals surface area contributed by atoms with Crippen LogP contribution in [-0.2, 0) is 10.9 Å². The molecule has 0 spiro atoms. The highest BCUT2D eigenvalue weighted by Gasteiger charge is 2.44. The minimum Gasteiger partial charge on any atom is -0.392 e. The van der Waals surface area contributed by atoms with Crippen LogP contribution in [-0.4, -0.2) is 21.2 Å². The third kappa shape index (κ3) is 3.54. The maximum atomic E-state index is 13.4. The Balaban J connectivity index is 2.08. The van der Waals surface area contributed by atoms with Crippen LogP contribution in [0.25, 0.3) is 10.9 Å². The smallest absolute Gasteiger partial charge is 0.392 e. The molecule has 0 saturated heterocycles. The second-order valence-corrected chi connectivity index (χ2v) is 7.60. The summed E-state index contributed by atoms with van der Waals surface area (Å²) in [5.41, 5.74) is -0.313. The number of alkyl halides is 3. The Kier molecular flexibility index (Phi) is 4.94. The molecule has 7 heteroatoms. The third-order valence-corrected chi connectivity index (χ3v) is 5.72. The molecule has 26 heavy (non-hydrogen) atoms. The molecule has 3 nitrogen and oxygen atoms in total. The molecule has 2 heterocycles. The summed E-state index contributed by atoms with van der Waals surface area (Å²) in [5.74, 6) is 0. The molecule has 3 rings (SSSR count). The Hall–Kier alpha value is -2.12. The fraction of sp³-hybridized carbons (Fsp3) is 0.263. The van der Waals surface area contributed by atoms with Gasteiger partial charge in [0.25, 0.3) is 0 Å². The van der Waals surface area contributed by atoms with Crippen molar-refractivity contribution in [1.29, 1.82) is 0 Å². The van der Waals surface area contributed by atoms with Crippen LogP contribution in [0.3, 0.4) is 0 Å². The van der Waals surface area contributed by atoms with E-state index in [1.54, 1.807) is 13.0 Å². The first kappa shape index (κ1) is 18.7. The Morgan fingerprint density at radius 1 is 1.04 bits per heavy atom. The van der Waals surface area contributed by atoms with Gasteiger partial charge in [0.05, 0.1) is 21.4 Å². The highest BCUT2D eigenvalue weighted by Crippen LogP contribution is 2.47. The van der Waals surface area contributed by atoms with Gasteiger partial charge in [-0.2, -0.15) is 13.2 Å². The Bertz CT molecular complexity index is 930. The predicted octanol–water partition coefficient (Wildman–Crippen LogP) is 5.04. The maximum absolute atomic E-state index is 13.4. The van der Waals surface area contributed by atoms with Gasteiger partial charge in [-0.15, -0.1) is 0 Å². The zero-order valence-electron chi connectivity index (χ0n) is 14.2. The van der Waals surface area contributed by atoms with Crippen molar-refractivity contribution in [2.75, 3.05) is 0 Å². The molecule has 2 aromatic heterocycles. The minimum atomic E-state index is -4.61. The molecule has 0 amide bonds. The monoisotopic (exact) mass is 378 g/mol. The summed E-state index contributed by atoms with van der Waals surface area (Å²) in [7, 11) is 0. The summed E-state index contributed by atoms with van der Waals surface area (Å²) in [6.45, 7) is 3.05. The normalized spacial score (nSPS) is 15.6.